The maximum atomic E-state index is 6.25. The van der Waals surface area contributed by atoms with Crippen molar-refractivity contribution in [3.05, 3.63) is 88.7 Å². The Morgan fingerprint density at radius 1 is 0.892 bits per heavy atom. The number of hydrogen-bond acceptors (Lipinski definition) is 4. The van der Waals surface area contributed by atoms with Crippen LogP contribution in [0, 0.1) is 11.3 Å². The molecule has 37 heavy (non-hydrogen) atoms. The highest BCUT2D eigenvalue weighted by Gasteiger charge is 2.46. The summed E-state index contributed by atoms with van der Waals surface area (Å²) in [6, 6.07) is 13.4. The first-order valence-corrected chi connectivity index (χ1v) is 13.9. The quantitative estimate of drug-likeness (QED) is 0.443. The van der Waals surface area contributed by atoms with E-state index in [9.17, 15) is 0 Å². The van der Waals surface area contributed by atoms with Crippen LogP contribution in [0.25, 0.3) is 5.57 Å². The molecule has 194 valence electrons. The van der Waals surface area contributed by atoms with Crippen LogP contribution in [0.5, 0.6) is 11.5 Å². The lowest BCUT2D eigenvalue weighted by Crippen LogP contribution is -2.33. The third kappa shape index (κ3) is 4.96. The second-order valence-electron chi connectivity index (χ2n) is 11.2. The van der Waals surface area contributed by atoms with Crippen LogP contribution in [-0.4, -0.2) is 45.4 Å². The second kappa shape index (κ2) is 10.4. The Bertz CT molecular complexity index is 1240. The van der Waals surface area contributed by atoms with E-state index in [1.165, 1.54) is 60.2 Å². The van der Waals surface area contributed by atoms with Crippen LogP contribution in [-0.2, 0) is 24.0 Å². The number of fused-ring (bicyclic) bond motifs is 2. The fraction of sp³-hybridized carbons (Fsp3) is 0.455. The van der Waals surface area contributed by atoms with Crippen molar-refractivity contribution in [2.75, 3.05) is 40.5 Å². The zero-order chi connectivity index (χ0) is 25.2. The molecule has 0 N–H and O–H groups in total. The van der Waals surface area contributed by atoms with E-state index in [1.807, 2.05) is 0 Å². The summed E-state index contributed by atoms with van der Waals surface area (Å²) in [5.41, 5.74) is 7.27. The minimum atomic E-state index is 0.0890. The standard InChI is InChI=1S/C33H39NO3/c1-35-28-8-6-7-24(17-28)18-32-31-12-11-29(36-2)20-27(31)23-33(32)21-25-9-10-30(19-26(25)22-33)37-16-15-34-13-4-3-5-14-34/h6-12,18-20,24H,3-5,13-17,21-23H2,1-2H3/b32-18+. The van der Waals surface area contributed by atoms with Crippen molar-refractivity contribution in [3.8, 4) is 11.5 Å². The molecule has 1 spiro atoms. The van der Waals surface area contributed by atoms with Crippen molar-refractivity contribution in [3.63, 3.8) is 0 Å². The third-order valence-corrected chi connectivity index (χ3v) is 8.78. The molecule has 3 aliphatic carbocycles. The maximum Gasteiger partial charge on any atom is 0.119 e. The predicted molar refractivity (Wildman–Crippen MR) is 149 cm³/mol. The first kappa shape index (κ1) is 24.4. The number of piperidine rings is 1. The molecule has 1 fully saturated rings. The van der Waals surface area contributed by atoms with Crippen LogP contribution < -0.4 is 9.47 Å². The normalized spacial score (nSPS) is 25.7. The van der Waals surface area contributed by atoms with Gasteiger partial charge in [-0.15, -0.1) is 0 Å². The molecule has 2 atom stereocenters. The molecule has 2 unspecified atom stereocenters. The zero-order valence-corrected chi connectivity index (χ0v) is 22.3. The lowest BCUT2D eigenvalue weighted by Gasteiger charge is -2.27. The molecule has 0 amide bonds. The van der Waals surface area contributed by atoms with Crippen LogP contribution >= 0.6 is 0 Å². The molecule has 4 heteroatoms. The Hall–Kier alpha value is -2.98. The Labute approximate surface area is 221 Å². The summed E-state index contributed by atoms with van der Waals surface area (Å²) in [6.07, 6.45) is 17.2. The zero-order valence-electron chi connectivity index (χ0n) is 22.3. The molecule has 0 radical (unpaired) electrons. The SMILES string of the molecule is COC1=CC=CC(/C=C2\c3ccc(OC)cc3CC23Cc2ccc(OCCN4CCCCC4)cc2C3)C1. The van der Waals surface area contributed by atoms with Gasteiger partial charge in [-0.25, -0.2) is 0 Å². The van der Waals surface area contributed by atoms with Crippen LogP contribution in [0.4, 0.5) is 0 Å². The molecule has 0 aromatic heterocycles. The molecule has 6 rings (SSSR count). The molecular weight excluding hydrogens is 458 g/mol. The van der Waals surface area contributed by atoms with Crippen molar-refractivity contribution in [1.29, 1.82) is 0 Å². The number of likely N-dealkylation sites (tertiary alicyclic amines) is 1. The summed E-state index contributed by atoms with van der Waals surface area (Å²) in [4.78, 5) is 2.54. The van der Waals surface area contributed by atoms with Crippen LogP contribution in [0.3, 0.4) is 0 Å². The average Bonchev–Trinajstić information content (AvgIpc) is 3.44. The van der Waals surface area contributed by atoms with E-state index >= 15 is 0 Å². The highest BCUT2D eigenvalue weighted by atomic mass is 16.5. The van der Waals surface area contributed by atoms with Crippen molar-refractivity contribution >= 4 is 5.57 Å². The number of methoxy groups -OCH3 is 2. The molecule has 1 aliphatic heterocycles. The van der Waals surface area contributed by atoms with E-state index in [2.05, 4.69) is 65.6 Å². The fourth-order valence-corrected chi connectivity index (χ4v) is 6.88. The molecule has 0 bridgehead atoms. The van der Waals surface area contributed by atoms with Gasteiger partial charge in [0, 0.05) is 24.3 Å². The summed E-state index contributed by atoms with van der Waals surface area (Å²) in [5.74, 6) is 3.35. The van der Waals surface area contributed by atoms with Gasteiger partial charge in [0.05, 0.1) is 20.0 Å². The van der Waals surface area contributed by atoms with E-state index < -0.39 is 0 Å². The van der Waals surface area contributed by atoms with Gasteiger partial charge in [-0.05, 0) is 103 Å². The van der Waals surface area contributed by atoms with Gasteiger partial charge < -0.3 is 14.2 Å². The Morgan fingerprint density at radius 2 is 1.68 bits per heavy atom. The molecule has 0 saturated carbocycles. The third-order valence-electron chi connectivity index (χ3n) is 8.78. The van der Waals surface area contributed by atoms with Crippen molar-refractivity contribution in [2.24, 2.45) is 11.3 Å². The van der Waals surface area contributed by atoms with Crippen LogP contribution in [0.1, 0.15) is 47.9 Å². The van der Waals surface area contributed by atoms with Gasteiger partial charge >= 0.3 is 0 Å². The molecular formula is C33H39NO3. The maximum absolute atomic E-state index is 6.25. The summed E-state index contributed by atoms with van der Waals surface area (Å²) in [5, 5.41) is 0. The van der Waals surface area contributed by atoms with E-state index in [4.69, 9.17) is 14.2 Å². The number of allylic oxidation sites excluding steroid dienone is 6. The van der Waals surface area contributed by atoms with Gasteiger partial charge in [-0.3, -0.25) is 4.90 Å². The van der Waals surface area contributed by atoms with Crippen molar-refractivity contribution < 1.29 is 14.2 Å². The van der Waals surface area contributed by atoms with Crippen LogP contribution in [0.15, 0.2) is 66.5 Å². The Morgan fingerprint density at radius 3 is 2.51 bits per heavy atom. The molecule has 4 nitrogen and oxygen atoms in total. The number of benzene rings is 2. The molecule has 1 saturated heterocycles. The van der Waals surface area contributed by atoms with E-state index in [0.717, 1.165) is 56.1 Å². The first-order chi connectivity index (χ1) is 18.2. The van der Waals surface area contributed by atoms with Gasteiger partial charge in [0.15, 0.2) is 0 Å². The van der Waals surface area contributed by atoms with Gasteiger partial charge in [0.1, 0.15) is 18.1 Å². The summed E-state index contributed by atoms with van der Waals surface area (Å²) in [6.45, 7) is 4.23. The highest BCUT2D eigenvalue weighted by molar-refractivity contribution is 5.80. The molecule has 4 aliphatic rings. The number of nitrogens with zero attached hydrogens (tertiary/aromatic N) is 1. The average molecular weight is 498 g/mol. The van der Waals surface area contributed by atoms with Gasteiger partial charge in [-0.1, -0.05) is 36.8 Å². The summed E-state index contributed by atoms with van der Waals surface area (Å²) >= 11 is 0. The predicted octanol–water partition coefficient (Wildman–Crippen LogP) is 6.39. The van der Waals surface area contributed by atoms with Gasteiger partial charge in [-0.2, -0.15) is 0 Å². The minimum Gasteiger partial charge on any atom is -0.501 e. The monoisotopic (exact) mass is 497 g/mol. The lowest BCUT2D eigenvalue weighted by atomic mass is 9.76. The van der Waals surface area contributed by atoms with Crippen LogP contribution in [0.2, 0.25) is 0 Å². The smallest absolute Gasteiger partial charge is 0.119 e. The largest absolute Gasteiger partial charge is 0.501 e. The topological polar surface area (TPSA) is 30.9 Å². The Balaban J connectivity index is 1.24. The molecule has 2 aromatic rings. The van der Waals surface area contributed by atoms with E-state index in [0.29, 0.717) is 5.92 Å². The first-order valence-electron chi connectivity index (χ1n) is 13.9. The lowest BCUT2D eigenvalue weighted by molar-refractivity contribution is 0.183. The van der Waals surface area contributed by atoms with Gasteiger partial charge in [0.2, 0.25) is 0 Å². The van der Waals surface area contributed by atoms with E-state index in [-0.39, 0.29) is 5.41 Å². The number of rotatable bonds is 7. The minimum absolute atomic E-state index is 0.0890. The van der Waals surface area contributed by atoms with Crippen molar-refractivity contribution in [1.82, 2.24) is 4.90 Å². The highest BCUT2D eigenvalue weighted by Crippen LogP contribution is 2.55. The summed E-state index contributed by atoms with van der Waals surface area (Å²) in [7, 11) is 3.53. The molecule has 1 heterocycles. The summed E-state index contributed by atoms with van der Waals surface area (Å²) < 4.78 is 17.4. The van der Waals surface area contributed by atoms with Crippen molar-refractivity contribution in [2.45, 2.75) is 44.9 Å². The Kier molecular flexibility index (Phi) is 6.86. The fourth-order valence-electron chi connectivity index (χ4n) is 6.88. The number of ether oxygens (including phenoxy) is 3. The van der Waals surface area contributed by atoms with E-state index in [1.54, 1.807) is 14.2 Å². The van der Waals surface area contributed by atoms with Gasteiger partial charge in [0.25, 0.3) is 0 Å². The second-order valence-corrected chi connectivity index (χ2v) is 11.2. The number of hydrogen-bond donors (Lipinski definition) is 0. The molecule has 2 aromatic carbocycles.